The van der Waals surface area contributed by atoms with Crippen molar-refractivity contribution in [3.8, 4) is 0 Å². The van der Waals surface area contributed by atoms with Gasteiger partial charge in [-0.25, -0.2) is 8.42 Å². The standard InChI is InChI=1S/C35H39N3O4S/c1-3-4-21-36-35(40)31(24-27-13-6-5-7-14-27)37(25-28-15-8-12-26(2)23-28)33(39)20-11-22-38-30-18-9-16-29-17-10-19-32(34(29)30)43(38,41)42/h5-10,12-19,23,31H,3-4,11,20-22,24-25H2,1-2H3,(H,36,40)/t31-/m0/s1. The minimum absolute atomic E-state index is 0.109. The van der Waals surface area contributed by atoms with Gasteiger partial charge < -0.3 is 10.2 Å². The molecule has 2 amide bonds. The Hall–Kier alpha value is -4.17. The molecule has 0 fully saturated rings. The number of aryl methyl sites for hydroxylation is 1. The number of rotatable bonds is 13. The van der Waals surface area contributed by atoms with E-state index in [2.05, 4.69) is 12.2 Å². The van der Waals surface area contributed by atoms with Crippen molar-refractivity contribution in [2.45, 2.75) is 63.4 Å². The Kier molecular flexibility index (Phi) is 9.46. The number of carbonyl (C=O) groups is 2. The summed E-state index contributed by atoms with van der Waals surface area (Å²) in [7, 11) is -3.71. The molecule has 0 unspecified atom stereocenters. The molecule has 1 heterocycles. The molecule has 0 aromatic heterocycles. The van der Waals surface area contributed by atoms with Crippen molar-refractivity contribution >= 4 is 38.3 Å². The smallest absolute Gasteiger partial charge is 0.265 e. The molecule has 0 saturated heterocycles. The van der Waals surface area contributed by atoms with Gasteiger partial charge in [-0.05, 0) is 48.4 Å². The van der Waals surface area contributed by atoms with E-state index in [0.717, 1.165) is 40.3 Å². The molecule has 1 aliphatic rings. The summed E-state index contributed by atoms with van der Waals surface area (Å²) in [6, 6.07) is 27.9. The third-order valence-corrected chi connectivity index (χ3v) is 9.82. The van der Waals surface area contributed by atoms with Gasteiger partial charge in [0, 0.05) is 37.9 Å². The predicted octanol–water partition coefficient (Wildman–Crippen LogP) is 5.99. The molecule has 224 valence electrons. The highest BCUT2D eigenvalue weighted by Gasteiger charge is 2.36. The molecule has 0 radical (unpaired) electrons. The van der Waals surface area contributed by atoms with Gasteiger partial charge in [-0.3, -0.25) is 13.9 Å². The first-order valence-corrected chi connectivity index (χ1v) is 16.4. The van der Waals surface area contributed by atoms with Crippen LogP contribution in [0, 0.1) is 6.92 Å². The van der Waals surface area contributed by atoms with Gasteiger partial charge in [0.1, 0.15) is 6.04 Å². The maximum atomic E-state index is 14.0. The first-order chi connectivity index (χ1) is 20.8. The van der Waals surface area contributed by atoms with Crippen molar-refractivity contribution in [2.24, 2.45) is 0 Å². The Morgan fingerprint density at radius 1 is 0.884 bits per heavy atom. The molecule has 0 aliphatic carbocycles. The summed E-state index contributed by atoms with van der Waals surface area (Å²) >= 11 is 0. The minimum atomic E-state index is -3.71. The minimum Gasteiger partial charge on any atom is -0.354 e. The number of unbranched alkanes of at least 4 members (excludes halogenated alkanes) is 1. The van der Waals surface area contributed by atoms with Gasteiger partial charge >= 0.3 is 0 Å². The quantitative estimate of drug-likeness (QED) is 0.192. The molecule has 1 aliphatic heterocycles. The highest BCUT2D eigenvalue weighted by molar-refractivity contribution is 7.93. The Morgan fingerprint density at radius 2 is 1.60 bits per heavy atom. The van der Waals surface area contributed by atoms with Crippen LogP contribution in [0.4, 0.5) is 5.69 Å². The molecule has 43 heavy (non-hydrogen) atoms. The third-order valence-electron chi connectivity index (χ3n) is 7.97. The Labute approximate surface area is 254 Å². The predicted molar refractivity (Wildman–Crippen MR) is 171 cm³/mol. The van der Waals surface area contributed by atoms with Crippen LogP contribution in [0.5, 0.6) is 0 Å². The van der Waals surface area contributed by atoms with Crippen molar-refractivity contribution in [1.29, 1.82) is 0 Å². The Morgan fingerprint density at radius 3 is 2.35 bits per heavy atom. The number of hydrogen-bond donors (Lipinski definition) is 1. The Bertz CT molecular complexity index is 1700. The lowest BCUT2D eigenvalue weighted by Gasteiger charge is -2.32. The van der Waals surface area contributed by atoms with Gasteiger partial charge in [-0.15, -0.1) is 0 Å². The second-order valence-electron chi connectivity index (χ2n) is 11.2. The van der Waals surface area contributed by atoms with E-state index in [0.29, 0.717) is 30.0 Å². The molecule has 0 spiro atoms. The molecule has 0 saturated carbocycles. The number of carbonyl (C=O) groups excluding carboxylic acids is 2. The van der Waals surface area contributed by atoms with Crippen molar-refractivity contribution in [3.05, 3.63) is 108 Å². The van der Waals surface area contributed by atoms with E-state index in [4.69, 9.17) is 0 Å². The average Bonchev–Trinajstić information content (AvgIpc) is 3.22. The first-order valence-electron chi connectivity index (χ1n) is 15.0. The van der Waals surface area contributed by atoms with Gasteiger partial charge in [-0.2, -0.15) is 0 Å². The van der Waals surface area contributed by atoms with Gasteiger partial charge in [0.2, 0.25) is 11.8 Å². The maximum absolute atomic E-state index is 14.0. The van der Waals surface area contributed by atoms with Crippen LogP contribution >= 0.6 is 0 Å². The van der Waals surface area contributed by atoms with Crippen molar-refractivity contribution in [1.82, 2.24) is 10.2 Å². The second-order valence-corrected chi connectivity index (χ2v) is 13.0. The van der Waals surface area contributed by atoms with E-state index < -0.39 is 16.1 Å². The van der Waals surface area contributed by atoms with Crippen LogP contribution in [0.15, 0.2) is 95.9 Å². The summed E-state index contributed by atoms with van der Waals surface area (Å²) in [4.78, 5) is 29.6. The van der Waals surface area contributed by atoms with Crippen LogP contribution in [-0.2, 0) is 32.6 Å². The Balaban J connectivity index is 1.39. The third kappa shape index (κ3) is 6.75. The number of hydrogen-bond acceptors (Lipinski definition) is 4. The number of nitrogens with one attached hydrogen (secondary N) is 1. The lowest BCUT2D eigenvalue weighted by molar-refractivity contribution is -0.141. The van der Waals surface area contributed by atoms with Crippen LogP contribution < -0.4 is 9.62 Å². The average molecular weight is 598 g/mol. The number of benzene rings is 4. The zero-order chi connectivity index (χ0) is 30.4. The summed E-state index contributed by atoms with van der Waals surface area (Å²) < 4.78 is 28.3. The normalized spacial score (nSPS) is 14.0. The van der Waals surface area contributed by atoms with Gasteiger partial charge in [0.15, 0.2) is 0 Å². The van der Waals surface area contributed by atoms with E-state index in [9.17, 15) is 18.0 Å². The fourth-order valence-corrected chi connectivity index (χ4v) is 7.53. The lowest BCUT2D eigenvalue weighted by atomic mass is 10.0. The van der Waals surface area contributed by atoms with E-state index >= 15 is 0 Å². The van der Waals surface area contributed by atoms with Crippen LogP contribution in [0.3, 0.4) is 0 Å². The molecular weight excluding hydrogens is 558 g/mol. The second kappa shape index (κ2) is 13.4. The van der Waals surface area contributed by atoms with Gasteiger partial charge in [0.05, 0.1) is 10.6 Å². The monoisotopic (exact) mass is 597 g/mol. The number of anilines is 1. The first kappa shape index (κ1) is 30.3. The van der Waals surface area contributed by atoms with Gasteiger partial charge in [-0.1, -0.05) is 97.8 Å². The maximum Gasteiger partial charge on any atom is 0.265 e. The van der Waals surface area contributed by atoms with E-state index in [-0.39, 0.29) is 31.3 Å². The molecular formula is C35H39N3O4S. The summed E-state index contributed by atoms with van der Waals surface area (Å²) in [6.45, 7) is 5.08. The zero-order valence-corrected chi connectivity index (χ0v) is 25.6. The molecule has 4 aromatic carbocycles. The number of amides is 2. The van der Waals surface area contributed by atoms with Crippen molar-refractivity contribution in [2.75, 3.05) is 17.4 Å². The van der Waals surface area contributed by atoms with Crippen molar-refractivity contribution in [3.63, 3.8) is 0 Å². The summed E-state index contributed by atoms with van der Waals surface area (Å²) in [6.07, 6.45) is 2.62. The SMILES string of the molecule is CCCCNC(=O)[C@H](Cc1ccccc1)N(Cc1cccc(C)c1)C(=O)CCCN1c2cccc3cccc(c23)S1(=O)=O. The highest BCUT2D eigenvalue weighted by Crippen LogP contribution is 2.42. The van der Waals surface area contributed by atoms with E-state index in [1.165, 1.54) is 4.31 Å². The van der Waals surface area contributed by atoms with Crippen LogP contribution in [0.25, 0.3) is 10.8 Å². The van der Waals surface area contributed by atoms with Crippen LogP contribution in [-0.4, -0.2) is 44.3 Å². The molecule has 8 heteroatoms. The fraction of sp³-hybridized carbons (Fsp3) is 0.314. The molecule has 1 atom stereocenters. The number of sulfonamides is 1. The van der Waals surface area contributed by atoms with Crippen LogP contribution in [0.1, 0.15) is 49.3 Å². The highest BCUT2D eigenvalue weighted by atomic mass is 32.2. The molecule has 4 aromatic rings. The zero-order valence-electron chi connectivity index (χ0n) is 24.8. The molecule has 0 bridgehead atoms. The van der Waals surface area contributed by atoms with Crippen LogP contribution in [0.2, 0.25) is 0 Å². The van der Waals surface area contributed by atoms with Crippen molar-refractivity contribution < 1.29 is 18.0 Å². The molecule has 1 N–H and O–H groups in total. The summed E-state index contributed by atoms with van der Waals surface area (Å²) in [5, 5.41) is 4.65. The van der Waals surface area contributed by atoms with E-state index in [1.54, 1.807) is 17.0 Å². The molecule has 7 nitrogen and oxygen atoms in total. The fourth-order valence-electron chi connectivity index (χ4n) is 5.78. The largest absolute Gasteiger partial charge is 0.354 e. The summed E-state index contributed by atoms with van der Waals surface area (Å²) in [5.41, 5.74) is 3.63. The van der Waals surface area contributed by atoms with E-state index in [1.807, 2.05) is 85.8 Å². The number of nitrogens with zero attached hydrogens (tertiary/aromatic N) is 2. The topological polar surface area (TPSA) is 86.8 Å². The lowest BCUT2D eigenvalue weighted by Crippen LogP contribution is -2.50. The van der Waals surface area contributed by atoms with Gasteiger partial charge in [0.25, 0.3) is 10.0 Å². The summed E-state index contributed by atoms with van der Waals surface area (Å²) in [5.74, 6) is -0.358. The molecule has 5 rings (SSSR count).